The van der Waals surface area contributed by atoms with Crippen LogP contribution in [-0.4, -0.2) is 25.3 Å². The van der Waals surface area contributed by atoms with Gasteiger partial charge in [0.2, 0.25) is 5.91 Å². The van der Waals surface area contributed by atoms with E-state index in [0.29, 0.717) is 13.2 Å². The van der Waals surface area contributed by atoms with Gasteiger partial charge in [0.05, 0.1) is 5.69 Å². The first-order chi connectivity index (χ1) is 9.79. The monoisotopic (exact) mass is 273 g/mol. The Bertz CT molecular complexity index is 488. The molecule has 0 radical (unpaired) electrons. The van der Waals surface area contributed by atoms with Gasteiger partial charge in [0.25, 0.3) is 0 Å². The maximum atomic E-state index is 12.0. The van der Waals surface area contributed by atoms with Gasteiger partial charge in [-0.05, 0) is 49.4 Å². The van der Waals surface area contributed by atoms with E-state index in [2.05, 4.69) is 10.3 Å². The normalized spacial score (nSPS) is 16.8. The summed E-state index contributed by atoms with van der Waals surface area (Å²) in [5.41, 5.74) is 6.81. The number of benzene rings is 1. The minimum atomic E-state index is 0.0520. The Labute approximate surface area is 118 Å². The third kappa shape index (κ3) is 4.20. The first-order valence-electron chi connectivity index (χ1n) is 6.69. The van der Waals surface area contributed by atoms with Crippen LogP contribution in [0.4, 0.5) is 11.4 Å². The van der Waals surface area contributed by atoms with Crippen LogP contribution in [0.2, 0.25) is 0 Å². The minimum absolute atomic E-state index is 0.0520. The Morgan fingerprint density at radius 3 is 2.65 bits per heavy atom. The molecule has 1 aromatic rings. The Morgan fingerprint density at radius 2 is 2.00 bits per heavy atom. The smallest absolute Gasteiger partial charge is 0.227 e. The average molecular weight is 273 g/mol. The second-order valence-corrected chi connectivity index (χ2v) is 4.59. The van der Waals surface area contributed by atoms with Crippen molar-refractivity contribution >= 4 is 23.5 Å². The van der Waals surface area contributed by atoms with Crippen LogP contribution in [0.25, 0.3) is 0 Å². The summed E-state index contributed by atoms with van der Waals surface area (Å²) in [5, 5.41) is 2.93. The van der Waals surface area contributed by atoms with Crippen molar-refractivity contribution in [3.05, 3.63) is 36.5 Å². The molecule has 0 bridgehead atoms. The number of rotatable bonds is 4. The number of anilines is 1. The fourth-order valence-corrected chi connectivity index (χ4v) is 2.01. The first kappa shape index (κ1) is 14.3. The summed E-state index contributed by atoms with van der Waals surface area (Å²) in [6.45, 7) is 1.33. The highest BCUT2D eigenvalue weighted by molar-refractivity contribution is 5.92. The van der Waals surface area contributed by atoms with Crippen molar-refractivity contribution in [2.75, 3.05) is 18.5 Å². The molecule has 0 atom stereocenters. The molecule has 0 spiro atoms. The second-order valence-electron chi connectivity index (χ2n) is 4.59. The van der Waals surface area contributed by atoms with E-state index in [1.165, 1.54) is 6.20 Å². The zero-order chi connectivity index (χ0) is 14.2. The summed E-state index contributed by atoms with van der Waals surface area (Å²) < 4.78 is 5.25. The van der Waals surface area contributed by atoms with E-state index >= 15 is 0 Å². The van der Waals surface area contributed by atoms with E-state index in [9.17, 15) is 4.79 Å². The summed E-state index contributed by atoms with van der Waals surface area (Å²) in [6.07, 6.45) is 6.28. The maximum absolute atomic E-state index is 12.0. The van der Waals surface area contributed by atoms with E-state index < -0.39 is 0 Å². The molecule has 1 saturated heterocycles. The number of carbonyl (C=O) groups excluding carboxylic acids is 1. The molecule has 1 amide bonds. The molecular weight excluding hydrogens is 254 g/mol. The predicted octanol–water partition coefficient (Wildman–Crippen LogP) is 2.23. The van der Waals surface area contributed by atoms with Crippen molar-refractivity contribution in [3.63, 3.8) is 0 Å². The van der Waals surface area contributed by atoms with Crippen molar-refractivity contribution in [2.45, 2.75) is 12.8 Å². The van der Waals surface area contributed by atoms with Gasteiger partial charge in [0.15, 0.2) is 0 Å². The molecule has 1 heterocycles. The molecule has 0 saturated carbocycles. The first-order valence-corrected chi connectivity index (χ1v) is 6.69. The van der Waals surface area contributed by atoms with Gasteiger partial charge < -0.3 is 15.8 Å². The molecule has 1 fully saturated rings. The van der Waals surface area contributed by atoms with Crippen molar-refractivity contribution in [2.24, 2.45) is 16.6 Å². The molecule has 106 valence electrons. The van der Waals surface area contributed by atoms with Crippen LogP contribution < -0.4 is 11.1 Å². The lowest BCUT2D eigenvalue weighted by molar-refractivity contribution is -0.122. The third-order valence-corrected chi connectivity index (χ3v) is 3.15. The van der Waals surface area contributed by atoms with Gasteiger partial charge in [-0.2, -0.15) is 0 Å². The number of aliphatic imine (C=N–C) groups is 1. The molecular formula is C15H19N3O2. The maximum Gasteiger partial charge on any atom is 0.227 e. The number of amides is 1. The van der Waals surface area contributed by atoms with E-state index in [4.69, 9.17) is 10.5 Å². The van der Waals surface area contributed by atoms with Gasteiger partial charge in [0.1, 0.15) is 0 Å². The number of hydrogen-bond donors (Lipinski definition) is 2. The van der Waals surface area contributed by atoms with Crippen LogP contribution in [0, 0.1) is 5.92 Å². The average Bonchev–Trinajstić information content (AvgIpc) is 2.50. The van der Waals surface area contributed by atoms with Crippen molar-refractivity contribution in [1.82, 2.24) is 0 Å². The quantitative estimate of drug-likeness (QED) is 0.826. The fraction of sp³-hybridized carbons (Fsp3) is 0.333. The largest absolute Gasteiger partial charge is 0.405 e. The summed E-state index contributed by atoms with van der Waals surface area (Å²) in [6, 6.07) is 7.38. The summed E-state index contributed by atoms with van der Waals surface area (Å²) in [4.78, 5) is 16.2. The van der Waals surface area contributed by atoms with Gasteiger partial charge in [0, 0.05) is 31.0 Å². The topological polar surface area (TPSA) is 76.7 Å². The highest BCUT2D eigenvalue weighted by Gasteiger charge is 2.21. The van der Waals surface area contributed by atoms with Gasteiger partial charge >= 0.3 is 0 Å². The van der Waals surface area contributed by atoms with Gasteiger partial charge in [-0.15, -0.1) is 0 Å². The van der Waals surface area contributed by atoms with Crippen molar-refractivity contribution < 1.29 is 9.53 Å². The van der Waals surface area contributed by atoms with Crippen LogP contribution >= 0.6 is 0 Å². The van der Waals surface area contributed by atoms with E-state index in [-0.39, 0.29) is 11.8 Å². The molecule has 1 aromatic carbocycles. The number of nitrogens with two attached hydrogens (primary N) is 1. The Kier molecular flexibility index (Phi) is 5.32. The standard InChI is InChI=1S/C15H19N3O2/c16-8-1-9-17-13-2-4-14(5-3-13)18-15(19)12-6-10-20-11-7-12/h1-5,8-9,12H,6-7,10-11,16H2,(H,18,19). The van der Waals surface area contributed by atoms with E-state index in [1.54, 1.807) is 12.3 Å². The van der Waals surface area contributed by atoms with Gasteiger partial charge in [-0.1, -0.05) is 0 Å². The number of hydrogen-bond acceptors (Lipinski definition) is 4. The number of carbonyl (C=O) groups is 1. The molecule has 0 aromatic heterocycles. The Balaban J connectivity index is 1.91. The molecule has 0 aliphatic carbocycles. The van der Waals surface area contributed by atoms with E-state index in [1.807, 2.05) is 24.3 Å². The van der Waals surface area contributed by atoms with Gasteiger partial charge in [-0.25, -0.2) is 0 Å². The van der Waals surface area contributed by atoms with Crippen LogP contribution in [0.3, 0.4) is 0 Å². The lowest BCUT2D eigenvalue weighted by atomic mass is 9.99. The van der Waals surface area contributed by atoms with Crippen molar-refractivity contribution in [3.8, 4) is 0 Å². The number of nitrogens with zero attached hydrogens (tertiary/aromatic N) is 1. The van der Waals surface area contributed by atoms with Gasteiger partial charge in [-0.3, -0.25) is 9.79 Å². The van der Waals surface area contributed by atoms with Crippen LogP contribution in [-0.2, 0) is 9.53 Å². The lowest BCUT2D eigenvalue weighted by Gasteiger charge is -2.21. The Morgan fingerprint density at radius 1 is 1.30 bits per heavy atom. The highest BCUT2D eigenvalue weighted by Crippen LogP contribution is 2.19. The zero-order valence-electron chi connectivity index (χ0n) is 11.3. The molecule has 2 rings (SSSR count). The fourth-order valence-electron chi connectivity index (χ4n) is 2.01. The van der Waals surface area contributed by atoms with Crippen molar-refractivity contribution in [1.29, 1.82) is 0 Å². The molecule has 0 unspecified atom stereocenters. The zero-order valence-corrected chi connectivity index (χ0v) is 11.3. The summed E-state index contributed by atoms with van der Waals surface area (Å²) in [7, 11) is 0. The molecule has 1 aliphatic heterocycles. The molecule has 5 nitrogen and oxygen atoms in total. The lowest BCUT2D eigenvalue weighted by Crippen LogP contribution is -2.28. The third-order valence-electron chi connectivity index (χ3n) is 3.15. The SMILES string of the molecule is NC=CC=Nc1ccc(NC(=O)C2CCOCC2)cc1. The van der Waals surface area contributed by atoms with E-state index in [0.717, 1.165) is 24.2 Å². The van der Waals surface area contributed by atoms with Crippen LogP contribution in [0.5, 0.6) is 0 Å². The number of nitrogens with one attached hydrogen (secondary N) is 1. The molecule has 1 aliphatic rings. The number of ether oxygens (including phenoxy) is 1. The number of allylic oxidation sites excluding steroid dienone is 1. The predicted molar refractivity (Wildman–Crippen MR) is 80.1 cm³/mol. The summed E-state index contributed by atoms with van der Waals surface area (Å²) in [5.74, 6) is 0.117. The molecule has 3 N–H and O–H groups in total. The van der Waals surface area contributed by atoms with Crippen LogP contribution in [0.15, 0.2) is 41.5 Å². The molecule has 5 heteroatoms. The minimum Gasteiger partial charge on any atom is -0.405 e. The highest BCUT2D eigenvalue weighted by atomic mass is 16.5. The Hall–Kier alpha value is -2.14. The van der Waals surface area contributed by atoms with Crippen LogP contribution in [0.1, 0.15) is 12.8 Å². The second kappa shape index (κ2) is 7.45. The molecule has 20 heavy (non-hydrogen) atoms. The summed E-state index contributed by atoms with van der Waals surface area (Å²) >= 11 is 0.